The number of benzene rings is 2. The third-order valence-electron chi connectivity index (χ3n) is 4.23. The van der Waals surface area contributed by atoms with Crippen molar-refractivity contribution in [2.75, 3.05) is 0 Å². The van der Waals surface area contributed by atoms with Crippen molar-refractivity contribution in [3.8, 4) is 11.6 Å². The Morgan fingerprint density at radius 3 is 2.55 bits per heavy atom. The number of ether oxygens (including phenoxy) is 1. The molecule has 29 heavy (non-hydrogen) atoms. The molecule has 0 amide bonds. The number of fused-ring (bicyclic) bond motifs is 1. The summed E-state index contributed by atoms with van der Waals surface area (Å²) in [6, 6.07) is 15.6. The zero-order valence-electron chi connectivity index (χ0n) is 15.1. The number of nitrogens with one attached hydrogen (secondary N) is 1. The standard InChI is InChI=1S/C21H16FN3O3S/c22-17-5-7-18(8-6-17)28-21-9-4-15(12-24-21)13-25-29(26,27)20-3-1-2-16-14-23-11-10-19(16)20/h1-12,14,25H,13H2. The first-order valence-electron chi connectivity index (χ1n) is 8.72. The summed E-state index contributed by atoms with van der Waals surface area (Å²) in [6.07, 6.45) is 4.71. The van der Waals surface area contributed by atoms with Crippen molar-refractivity contribution in [1.29, 1.82) is 0 Å². The Labute approximate surface area is 167 Å². The molecule has 6 nitrogen and oxygen atoms in total. The molecule has 0 radical (unpaired) electrons. The average Bonchev–Trinajstić information content (AvgIpc) is 2.74. The molecule has 0 saturated carbocycles. The highest BCUT2D eigenvalue weighted by Gasteiger charge is 2.17. The second-order valence-corrected chi connectivity index (χ2v) is 7.97. The van der Waals surface area contributed by atoms with Gasteiger partial charge in [-0.2, -0.15) is 0 Å². The molecule has 4 rings (SSSR count). The molecule has 0 aliphatic heterocycles. The van der Waals surface area contributed by atoms with Gasteiger partial charge in [0.05, 0.1) is 4.90 Å². The lowest BCUT2D eigenvalue weighted by molar-refractivity contribution is 0.461. The Morgan fingerprint density at radius 1 is 0.966 bits per heavy atom. The third kappa shape index (κ3) is 4.39. The maximum Gasteiger partial charge on any atom is 0.241 e. The van der Waals surface area contributed by atoms with Crippen molar-refractivity contribution in [2.45, 2.75) is 11.4 Å². The lowest BCUT2D eigenvalue weighted by atomic mass is 10.2. The quantitative estimate of drug-likeness (QED) is 0.520. The average molecular weight is 409 g/mol. The minimum absolute atomic E-state index is 0.0770. The van der Waals surface area contributed by atoms with Gasteiger partial charge in [0.2, 0.25) is 15.9 Å². The zero-order chi connectivity index (χ0) is 20.3. The summed E-state index contributed by atoms with van der Waals surface area (Å²) in [7, 11) is -3.72. The Kier molecular flexibility index (Phi) is 5.20. The van der Waals surface area contributed by atoms with E-state index in [4.69, 9.17) is 4.74 Å². The van der Waals surface area contributed by atoms with Gasteiger partial charge in [-0.25, -0.2) is 22.5 Å². The van der Waals surface area contributed by atoms with Crippen LogP contribution < -0.4 is 9.46 Å². The molecule has 2 aromatic heterocycles. The van der Waals surface area contributed by atoms with Gasteiger partial charge in [0.1, 0.15) is 11.6 Å². The highest BCUT2D eigenvalue weighted by atomic mass is 32.2. The molecule has 0 unspecified atom stereocenters. The first kappa shape index (κ1) is 19.0. The van der Waals surface area contributed by atoms with E-state index in [1.165, 1.54) is 30.5 Å². The maximum atomic E-state index is 12.9. The van der Waals surface area contributed by atoms with Crippen LogP contribution in [0.3, 0.4) is 0 Å². The van der Waals surface area contributed by atoms with E-state index in [1.807, 2.05) is 6.07 Å². The topological polar surface area (TPSA) is 81.2 Å². The van der Waals surface area contributed by atoms with Crippen LogP contribution in [0, 0.1) is 5.82 Å². The molecular formula is C21H16FN3O3S. The number of pyridine rings is 2. The highest BCUT2D eigenvalue weighted by Crippen LogP contribution is 2.23. The molecule has 2 aromatic carbocycles. The molecule has 2 heterocycles. The van der Waals surface area contributed by atoms with Crippen LogP contribution in [-0.2, 0) is 16.6 Å². The fourth-order valence-corrected chi connectivity index (χ4v) is 4.03. The van der Waals surface area contributed by atoms with Crippen LogP contribution in [0.25, 0.3) is 10.8 Å². The SMILES string of the molecule is O=S(=O)(NCc1ccc(Oc2ccc(F)cc2)nc1)c1cccc2cnccc12. The fourth-order valence-electron chi connectivity index (χ4n) is 2.78. The van der Waals surface area contributed by atoms with E-state index in [2.05, 4.69) is 14.7 Å². The lowest BCUT2D eigenvalue weighted by Crippen LogP contribution is -2.23. The molecular weight excluding hydrogens is 393 g/mol. The van der Waals surface area contributed by atoms with Crippen LogP contribution in [-0.4, -0.2) is 18.4 Å². The molecule has 0 saturated heterocycles. The normalized spacial score (nSPS) is 11.5. The van der Waals surface area contributed by atoms with Crippen molar-refractivity contribution < 1.29 is 17.5 Å². The molecule has 0 aliphatic rings. The van der Waals surface area contributed by atoms with E-state index in [9.17, 15) is 12.8 Å². The second-order valence-electron chi connectivity index (χ2n) is 6.24. The lowest BCUT2D eigenvalue weighted by Gasteiger charge is -2.10. The highest BCUT2D eigenvalue weighted by molar-refractivity contribution is 7.89. The number of hydrogen-bond donors (Lipinski definition) is 1. The Morgan fingerprint density at radius 2 is 1.79 bits per heavy atom. The van der Waals surface area contributed by atoms with Crippen LogP contribution in [0.4, 0.5) is 4.39 Å². The van der Waals surface area contributed by atoms with Gasteiger partial charge < -0.3 is 4.74 Å². The van der Waals surface area contributed by atoms with Gasteiger partial charge in [-0.05, 0) is 42.0 Å². The summed E-state index contributed by atoms with van der Waals surface area (Å²) in [5.41, 5.74) is 0.668. The summed E-state index contributed by atoms with van der Waals surface area (Å²) >= 11 is 0. The van der Waals surface area contributed by atoms with Crippen LogP contribution in [0.5, 0.6) is 11.6 Å². The van der Waals surface area contributed by atoms with Crippen molar-refractivity contribution in [3.63, 3.8) is 0 Å². The van der Waals surface area contributed by atoms with E-state index in [-0.39, 0.29) is 17.3 Å². The van der Waals surface area contributed by atoms with Gasteiger partial charge in [0, 0.05) is 42.0 Å². The Hall–Kier alpha value is -3.36. The fraction of sp³-hybridized carbons (Fsp3) is 0.0476. The van der Waals surface area contributed by atoms with Gasteiger partial charge in [-0.3, -0.25) is 4.98 Å². The van der Waals surface area contributed by atoms with Gasteiger partial charge >= 0.3 is 0 Å². The summed E-state index contributed by atoms with van der Waals surface area (Å²) in [5, 5.41) is 1.36. The summed E-state index contributed by atoms with van der Waals surface area (Å²) in [4.78, 5) is 8.37. The van der Waals surface area contributed by atoms with Gasteiger partial charge in [-0.15, -0.1) is 0 Å². The van der Waals surface area contributed by atoms with Crippen LogP contribution in [0.1, 0.15) is 5.56 Å². The van der Waals surface area contributed by atoms with Crippen molar-refractivity contribution in [1.82, 2.24) is 14.7 Å². The van der Waals surface area contributed by atoms with Gasteiger partial charge in [-0.1, -0.05) is 18.2 Å². The Balaban J connectivity index is 1.46. The predicted octanol–water partition coefficient (Wildman–Crippen LogP) is 4.04. The van der Waals surface area contributed by atoms with E-state index in [0.717, 1.165) is 5.39 Å². The van der Waals surface area contributed by atoms with Crippen LogP contribution in [0.15, 0.2) is 84.1 Å². The summed E-state index contributed by atoms with van der Waals surface area (Å²) in [5.74, 6) is 0.429. The molecule has 0 spiro atoms. The van der Waals surface area contributed by atoms with Crippen LogP contribution in [0.2, 0.25) is 0 Å². The first-order chi connectivity index (χ1) is 14.0. The van der Waals surface area contributed by atoms with Crippen molar-refractivity contribution in [2.24, 2.45) is 0 Å². The largest absolute Gasteiger partial charge is 0.439 e. The minimum Gasteiger partial charge on any atom is -0.439 e. The number of aromatic nitrogens is 2. The maximum absolute atomic E-state index is 12.9. The molecule has 4 aromatic rings. The van der Waals surface area contributed by atoms with Crippen molar-refractivity contribution in [3.05, 3.63) is 90.6 Å². The Bertz CT molecular complexity index is 1240. The molecule has 0 bridgehead atoms. The monoisotopic (exact) mass is 409 g/mol. The molecule has 0 fully saturated rings. The van der Waals surface area contributed by atoms with E-state index in [0.29, 0.717) is 22.6 Å². The van der Waals surface area contributed by atoms with Crippen LogP contribution >= 0.6 is 0 Å². The molecule has 146 valence electrons. The van der Waals surface area contributed by atoms with Crippen molar-refractivity contribution >= 4 is 20.8 Å². The number of hydrogen-bond acceptors (Lipinski definition) is 5. The predicted molar refractivity (Wildman–Crippen MR) is 106 cm³/mol. The molecule has 0 aliphatic carbocycles. The third-order valence-corrected chi connectivity index (χ3v) is 5.69. The van der Waals surface area contributed by atoms with Gasteiger partial charge in [0.25, 0.3) is 0 Å². The number of sulfonamides is 1. The number of halogens is 1. The molecule has 8 heteroatoms. The summed E-state index contributed by atoms with van der Waals surface area (Å²) < 4.78 is 46.6. The van der Waals surface area contributed by atoms with E-state index in [1.54, 1.807) is 42.7 Å². The second kappa shape index (κ2) is 7.94. The molecule has 0 atom stereocenters. The minimum atomic E-state index is -3.72. The zero-order valence-corrected chi connectivity index (χ0v) is 15.9. The van der Waals surface area contributed by atoms with E-state index < -0.39 is 10.0 Å². The molecule has 1 N–H and O–H groups in total. The van der Waals surface area contributed by atoms with E-state index >= 15 is 0 Å². The first-order valence-corrected chi connectivity index (χ1v) is 10.2. The number of nitrogens with zero attached hydrogens (tertiary/aromatic N) is 2. The number of rotatable bonds is 6. The summed E-state index contributed by atoms with van der Waals surface area (Å²) in [6.45, 7) is 0.0770. The smallest absolute Gasteiger partial charge is 0.241 e. The van der Waals surface area contributed by atoms with Gasteiger partial charge in [0.15, 0.2) is 0 Å².